The summed E-state index contributed by atoms with van der Waals surface area (Å²) in [5.41, 5.74) is 7.18. The monoisotopic (exact) mass is 298 g/mol. The molecule has 2 aliphatic carbocycles. The van der Waals surface area contributed by atoms with Gasteiger partial charge in [-0.25, -0.2) is 0 Å². The van der Waals surface area contributed by atoms with Gasteiger partial charge in [0.05, 0.1) is 6.04 Å². The van der Waals surface area contributed by atoms with E-state index in [0.29, 0.717) is 11.8 Å². The number of hydrogen-bond donors (Lipinski definition) is 2. The first-order valence-electron chi connectivity index (χ1n) is 7.59. The Balaban J connectivity index is 1.68. The summed E-state index contributed by atoms with van der Waals surface area (Å²) in [6.45, 7) is 0. The molecule has 2 nitrogen and oxygen atoms in total. The van der Waals surface area contributed by atoms with Gasteiger partial charge in [-0.3, -0.25) is 11.3 Å². The Bertz CT molecular complexity index is 670. The summed E-state index contributed by atoms with van der Waals surface area (Å²) in [5, 5.41) is 0.803. The first kappa shape index (κ1) is 13.3. The number of hydrazine groups is 1. The SMILES string of the molecule is NNC(c1ccccc1Cl)C1C2CCc3ccccc3C21. The Morgan fingerprint density at radius 2 is 1.86 bits per heavy atom. The minimum Gasteiger partial charge on any atom is -0.271 e. The van der Waals surface area contributed by atoms with Crippen molar-refractivity contribution in [2.45, 2.75) is 24.8 Å². The van der Waals surface area contributed by atoms with E-state index in [1.54, 1.807) is 0 Å². The van der Waals surface area contributed by atoms with E-state index in [0.717, 1.165) is 16.5 Å². The van der Waals surface area contributed by atoms with Crippen LogP contribution in [0.25, 0.3) is 0 Å². The van der Waals surface area contributed by atoms with Gasteiger partial charge in [0.25, 0.3) is 0 Å². The fraction of sp³-hybridized carbons (Fsp3) is 0.333. The Morgan fingerprint density at radius 3 is 2.67 bits per heavy atom. The van der Waals surface area contributed by atoms with Crippen molar-refractivity contribution in [1.29, 1.82) is 0 Å². The first-order valence-corrected chi connectivity index (χ1v) is 7.97. The standard InChI is InChI=1S/C18H19ClN2/c19-15-8-4-3-7-13(15)18(21-20)17-14-10-9-11-5-1-2-6-12(11)16(14)17/h1-8,14,16-18,21H,9-10,20H2. The molecule has 1 saturated carbocycles. The summed E-state index contributed by atoms with van der Waals surface area (Å²) in [4.78, 5) is 0. The topological polar surface area (TPSA) is 38.0 Å². The van der Waals surface area contributed by atoms with Crippen LogP contribution in [0.2, 0.25) is 5.02 Å². The maximum Gasteiger partial charge on any atom is 0.0511 e. The van der Waals surface area contributed by atoms with E-state index in [2.05, 4.69) is 35.8 Å². The van der Waals surface area contributed by atoms with Crippen molar-refractivity contribution in [3.63, 3.8) is 0 Å². The normalized spacial score (nSPS) is 27.6. The summed E-state index contributed by atoms with van der Waals surface area (Å²) in [5.74, 6) is 7.80. The molecule has 0 aromatic heterocycles. The summed E-state index contributed by atoms with van der Waals surface area (Å²) in [6.07, 6.45) is 2.45. The molecule has 4 unspecified atom stereocenters. The van der Waals surface area contributed by atoms with Crippen LogP contribution in [0.3, 0.4) is 0 Å². The zero-order valence-electron chi connectivity index (χ0n) is 11.8. The molecule has 0 saturated heterocycles. The fourth-order valence-corrected chi connectivity index (χ4v) is 4.46. The molecule has 0 radical (unpaired) electrons. The lowest BCUT2D eigenvalue weighted by molar-refractivity contribution is 0.460. The van der Waals surface area contributed by atoms with Gasteiger partial charge in [-0.2, -0.15) is 0 Å². The van der Waals surface area contributed by atoms with Crippen molar-refractivity contribution >= 4 is 11.6 Å². The number of halogens is 1. The second-order valence-corrected chi connectivity index (χ2v) is 6.58. The first-order chi connectivity index (χ1) is 10.3. The van der Waals surface area contributed by atoms with Crippen molar-refractivity contribution in [3.8, 4) is 0 Å². The summed E-state index contributed by atoms with van der Waals surface area (Å²) < 4.78 is 0. The van der Waals surface area contributed by atoms with E-state index in [1.807, 2.05) is 18.2 Å². The van der Waals surface area contributed by atoms with Crippen molar-refractivity contribution in [1.82, 2.24) is 5.43 Å². The number of nitrogens with one attached hydrogen (secondary N) is 1. The molecule has 4 rings (SSSR count). The average molecular weight is 299 g/mol. The van der Waals surface area contributed by atoms with Gasteiger partial charge in [0.1, 0.15) is 0 Å². The molecular formula is C18H19ClN2. The van der Waals surface area contributed by atoms with Gasteiger partial charge >= 0.3 is 0 Å². The molecule has 0 bridgehead atoms. The van der Waals surface area contributed by atoms with Crippen LogP contribution in [0.15, 0.2) is 48.5 Å². The molecule has 2 aromatic rings. The van der Waals surface area contributed by atoms with Crippen molar-refractivity contribution in [2.24, 2.45) is 17.7 Å². The van der Waals surface area contributed by atoms with Crippen LogP contribution in [0, 0.1) is 11.8 Å². The molecule has 0 heterocycles. The largest absolute Gasteiger partial charge is 0.271 e. The average Bonchev–Trinajstić information content (AvgIpc) is 3.25. The lowest BCUT2D eigenvalue weighted by Gasteiger charge is -2.18. The molecule has 4 atom stereocenters. The second-order valence-electron chi connectivity index (χ2n) is 6.17. The third-order valence-corrected chi connectivity index (χ3v) is 5.54. The highest BCUT2D eigenvalue weighted by atomic mass is 35.5. The third kappa shape index (κ3) is 2.10. The zero-order chi connectivity index (χ0) is 14.4. The van der Waals surface area contributed by atoms with Crippen LogP contribution in [0.1, 0.15) is 35.1 Å². The van der Waals surface area contributed by atoms with Gasteiger partial charge in [0.2, 0.25) is 0 Å². The number of fused-ring (bicyclic) bond motifs is 3. The van der Waals surface area contributed by atoms with Crippen molar-refractivity contribution in [2.75, 3.05) is 0 Å². The number of benzene rings is 2. The molecule has 1 fully saturated rings. The highest BCUT2D eigenvalue weighted by molar-refractivity contribution is 6.31. The molecule has 2 aromatic carbocycles. The van der Waals surface area contributed by atoms with E-state index in [-0.39, 0.29) is 6.04 Å². The molecule has 0 amide bonds. The molecule has 0 spiro atoms. The molecule has 3 heteroatoms. The second kappa shape index (κ2) is 5.13. The van der Waals surface area contributed by atoms with Crippen molar-refractivity contribution in [3.05, 3.63) is 70.2 Å². The van der Waals surface area contributed by atoms with Gasteiger partial charge in [0, 0.05) is 5.02 Å². The Kier molecular flexibility index (Phi) is 3.26. The van der Waals surface area contributed by atoms with Gasteiger partial charge in [0.15, 0.2) is 0 Å². The predicted molar refractivity (Wildman–Crippen MR) is 86.0 cm³/mol. The minimum atomic E-state index is 0.139. The number of nitrogens with two attached hydrogens (primary N) is 1. The molecule has 0 aliphatic heterocycles. The lowest BCUT2D eigenvalue weighted by atomic mass is 9.92. The zero-order valence-corrected chi connectivity index (χ0v) is 12.6. The quantitative estimate of drug-likeness (QED) is 0.668. The third-order valence-electron chi connectivity index (χ3n) is 5.20. The number of aryl methyl sites for hydroxylation is 1. The van der Waals surface area contributed by atoms with Crippen molar-refractivity contribution < 1.29 is 0 Å². The molecule has 108 valence electrons. The van der Waals surface area contributed by atoms with E-state index in [9.17, 15) is 0 Å². The Hall–Kier alpha value is -1.35. The fourth-order valence-electron chi connectivity index (χ4n) is 4.21. The number of hydrogen-bond acceptors (Lipinski definition) is 2. The van der Waals surface area contributed by atoms with Crippen LogP contribution in [-0.4, -0.2) is 0 Å². The summed E-state index contributed by atoms with van der Waals surface area (Å²) >= 11 is 6.37. The van der Waals surface area contributed by atoms with Gasteiger partial charge < -0.3 is 0 Å². The summed E-state index contributed by atoms with van der Waals surface area (Å²) in [7, 11) is 0. The Morgan fingerprint density at radius 1 is 1.10 bits per heavy atom. The predicted octanol–water partition coefficient (Wildman–Crippen LogP) is 3.82. The molecule has 21 heavy (non-hydrogen) atoms. The maximum atomic E-state index is 6.37. The van der Waals surface area contributed by atoms with Crippen LogP contribution in [0.5, 0.6) is 0 Å². The van der Waals surface area contributed by atoms with E-state index in [1.165, 1.54) is 24.0 Å². The maximum absolute atomic E-state index is 6.37. The van der Waals surface area contributed by atoms with E-state index < -0.39 is 0 Å². The smallest absolute Gasteiger partial charge is 0.0511 e. The highest BCUT2D eigenvalue weighted by Gasteiger charge is 2.56. The minimum absolute atomic E-state index is 0.139. The van der Waals surface area contributed by atoms with E-state index >= 15 is 0 Å². The van der Waals surface area contributed by atoms with Gasteiger partial charge in [-0.15, -0.1) is 0 Å². The molecule has 2 aliphatic rings. The van der Waals surface area contributed by atoms with E-state index in [4.69, 9.17) is 17.4 Å². The summed E-state index contributed by atoms with van der Waals surface area (Å²) in [6, 6.07) is 17.0. The van der Waals surface area contributed by atoms with Crippen LogP contribution in [-0.2, 0) is 6.42 Å². The van der Waals surface area contributed by atoms with Crippen LogP contribution in [0.4, 0.5) is 0 Å². The number of rotatable bonds is 3. The van der Waals surface area contributed by atoms with Gasteiger partial charge in [-0.1, -0.05) is 54.1 Å². The Labute approximate surface area is 130 Å². The van der Waals surface area contributed by atoms with Gasteiger partial charge in [-0.05, 0) is 53.4 Å². The molecule has 3 N–H and O–H groups in total. The lowest BCUT2D eigenvalue weighted by Crippen LogP contribution is -2.30. The van der Waals surface area contributed by atoms with Crippen LogP contribution < -0.4 is 11.3 Å². The molecular weight excluding hydrogens is 280 g/mol. The van der Waals surface area contributed by atoms with Crippen LogP contribution >= 0.6 is 11.6 Å². The highest BCUT2D eigenvalue weighted by Crippen LogP contribution is 2.64.